The highest BCUT2D eigenvalue weighted by molar-refractivity contribution is 6.39. The van der Waals surface area contributed by atoms with Gasteiger partial charge in [-0.05, 0) is 38.3 Å². The number of hydrogen-bond acceptors (Lipinski definition) is 2. The van der Waals surface area contributed by atoms with Crippen LogP contribution in [0.2, 0.25) is 10.0 Å². The first kappa shape index (κ1) is 14.4. The van der Waals surface area contributed by atoms with Crippen molar-refractivity contribution >= 4 is 28.9 Å². The van der Waals surface area contributed by atoms with Crippen LogP contribution in [0.5, 0.6) is 0 Å². The highest BCUT2D eigenvalue weighted by atomic mass is 35.5. The summed E-state index contributed by atoms with van der Waals surface area (Å²) in [6.07, 6.45) is 4.87. The molecule has 2 nitrogen and oxygen atoms in total. The van der Waals surface area contributed by atoms with E-state index in [1.807, 2.05) is 6.92 Å². The van der Waals surface area contributed by atoms with Gasteiger partial charge < -0.3 is 10.1 Å². The maximum absolute atomic E-state index is 13.2. The highest BCUT2D eigenvalue weighted by Crippen LogP contribution is 2.58. The number of nitrogens with one attached hydrogen (secondary N) is 1. The molecule has 2 fully saturated rings. The lowest BCUT2D eigenvalue weighted by molar-refractivity contribution is -0.157. The molecule has 0 heterocycles. The van der Waals surface area contributed by atoms with E-state index in [1.54, 1.807) is 0 Å². The van der Waals surface area contributed by atoms with E-state index in [0.717, 1.165) is 13.0 Å². The SMILES string of the molecule is CCOC1CC(Nc2c(Cl)cc(F)cc2Cl)C12CCC2. The number of rotatable bonds is 4. The van der Waals surface area contributed by atoms with E-state index in [-0.39, 0.29) is 5.41 Å². The second-order valence-corrected chi connectivity index (χ2v) is 6.52. The fourth-order valence-corrected chi connectivity index (χ4v) is 4.06. The summed E-state index contributed by atoms with van der Waals surface area (Å²) in [7, 11) is 0. The van der Waals surface area contributed by atoms with E-state index < -0.39 is 5.82 Å². The molecular formula is C15H18Cl2FNO. The molecule has 1 N–H and O–H groups in total. The second-order valence-electron chi connectivity index (χ2n) is 5.71. The molecule has 1 spiro atoms. The third-order valence-electron chi connectivity index (χ3n) is 4.76. The Morgan fingerprint density at radius 2 is 2.00 bits per heavy atom. The molecule has 20 heavy (non-hydrogen) atoms. The van der Waals surface area contributed by atoms with Crippen molar-refractivity contribution in [1.82, 2.24) is 0 Å². The van der Waals surface area contributed by atoms with Crippen LogP contribution in [0.15, 0.2) is 12.1 Å². The molecule has 1 aromatic carbocycles. The third kappa shape index (κ3) is 2.20. The van der Waals surface area contributed by atoms with Crippen LogP contribution in [-0.2, 0) is 4.74 Å². The summed E-state index contributed by atoms with van der Waals surface area (Å²) in [5.41, 5.74) is 0.859. The van der Waals surface area contributed by atoms with E-state index in [1.165, 1.54) is 31.4 Å². The molecule has 0 bridgehead atoms. The van der Waals surface area contributed by atoms with Gasteiger partial charge in [0, 0.05) is 18.1 Å². The lowest BCUT2D eigenvalue weighted by Gasteiger charge is -2.61. The topological polar surface area (TPSA) is 21.3 Å². The van der Waals surface area contributed by atoms with Crippen LogP contribution in [0.4, 0.5) is 10.1 Å². The summed E-state index contributed by atoms with van der Waals surface area (Å²) in [6.45, 7) is 2.78. The predicted octanol–water partition coefficient (Wildman–Crippen LogP) is 4.89. The Hall–Kier alpha value is -0.510. The van der Waals surface area contributed by atoms with Gasteiger partial charge in [0.15, 0.2) is 0 Å². The normalized spacial score (nSPS) is 27.0. The van der Waals surface area contributed by atoms with Crippen LogP contribution in [-0.4, -0.2) is 18.8 Å². The van der Waals surface area contributed by atoms with E-state index in [2.05, 4.69) is 5.32 Å². The van der Waals surface area contributed by atoms with E-state index >= 15 is 0 Å². The van der Waals surface area contributed by atoms with Gasteiger partial charge >= 0.3 is 0 Å². The quantitative estimate of drug-likeness (QED) is 0.853. The molecule has 2 saturated carbocycles. The van der Waals surface area contributed by atoms with Crippen LogP contribution in [0.25, 0.3) is 0 Å². The largest absolute Gasteiger partial charge is 0.379 e. The first-order valence-corrected chi connectivity index (χ1v) is 7.85. The van der Waals surface area contributed by atoms with Gasteiger partial charge in [0.25, 0.3) is 0 Å². The van der Waals surface area contributed by atoms with Gasteiger partial charge in [-0.2, -0.15) is 0 Å². The zero-order chi connectivity index (χ0) is 14.3. The molecule has 110 valence electrons. The Kier molecular flexibility index (Phi) is 3.87. The van der Waals surface area contributed by atoms with Crippen molar-refractivity contribution in [3.05, 3.63) is 28.0 Å². The smallest absolute Gasteiger partial charge is 0.126 e. The second kappa shape index (κ2) is 5.36. The number of benzene rings is 1. The Bertz CT molecular complexity index is 496. The minimum absolute atomic E-state index is 0.219. The lowest BCUT2D eigenvalue weighted by atomic mass is 9.51. The van der Waals surface area contributed by atoms with Crippen LogP contribution < -0.4 is 5.32 Å². The molecule has 0 saturated heterocycles. The van der Waals surface area contributed by atoms with Gasteiger partial charge in [-0.1, -0.05) is 29.6 Å². The average Bonchev–Trinajstić information content (AvgIpc) is 2.28. The molecule has 2 aliphatic rings. The predicted molar refractivity (Wildman–Crippen MR) is 80.1 cm³/mol. The molecule has 2 aliphatic carbocycles. The highest BCUT2D eigenvalue weighted by Gasteiger charge is 2.59. The van der Waals surface area contributed by atoms with Crippen LogP contribution in [0.1, 0.15) is 32.6 Å². The fourth-order valence-electron chi connectivity index (χ4n) is 3.50. The zero-order valence-electron chi connectivity index (χ0n) is 11.4. The molecule has 2 unspecified atom stereocenters. The zero-order valence-corrected chi connectivity index (χ0v) is 12.9. The first-order chi connectivity index (χ1) is 9.56. The monoisotopic (exact) mass is 317 g/mol. The Morgan fingerprint density at radius 3 is 2.50 bits per heavy atom. The molecule has 0 aliphatic heterocycles. The Labute approximate surface area is 128 Å². The molecule has 5 heteroatoms. The number of halogens is 3. The van der Waals surface area contributed by atoms with Crippen molar-refractivity contribution in [3.63, 3.8) is 0 Å². The first-order valence-electron chi connectivity index (χ1n) is 7.09. The number of hydrogen-bond donors (Lipinski definition) is 1. The summed E-state index contributed by atoms with van der Waals surface area (Å²) >= 11 is 12.2. The minimum Gasteiger partial charge on any atom is -0.379 e. The van der Waals surface area contributed by atoms with E-state index in [4.69, 9.17) is 27.9 Å². The fraction of sp³-hybridized carbons (Fsp3) is 0.600. The molecule has 3 rings (SSSR count). The maximum Gasteiger partial charge on any atom is 0.126 e. The van der Waals surface area contributed by atoms with Gasteiger partial charge in [-0.15, -0.1) is 0 Å². The van der Waals surface area contributed by atoms with Crippen molar-refractivity contribution < 1.29 is 9.13 Å². The van der Waals surface area contributed by atoms with Gasteiger partial charge in [-0.25, -0.2) is 4.39 Å². The lowest BCUT2D eigenvalue weighted by Crippen LogP contribution is -2.64. The maximum atomic E-state index is 13.2. The van der Waals surface area contributed by atoms with Crippen molar-refractivity contribution in [2.45, 2.75) is 44.8 Å². The summed E-state index contributed by atoms with van der Waals surface area (Å²) < 4.78 is 19.0. The Balaban J connectivity index is 1.76. The summed E-state index contributed by atoms with van der Waals surface area (Å²) in [5.74, 6) is -0.412. The van der Waals surface area contributed by atoms with E-state index in [0.29, 0.717) is 27.9 Å². The number of anilines is 1. The van der Waals surface area contributed by atoms with Crippen molar-refractivity contribution in [2.24, 2.45) is 5.41 Å². The minimum atomic E-state index is -0.412. The van der Waals surface area contributed by atoms with Crippen LogP contribution in [0, 0.1) is 11.2 Å². The third-order valence-corrected chi connectivity index (χ3v) is 5.36. The van der Waals surface area contributed by atoms with Gasteiger partial charge in [0.2, 0.25) is 0 Å². The van der Waals surface area contributed by atoms with Crippen molar-refractivity contribution in [3.8, 4) is 0 Å². The van der Waals surface area contributed by atoms with Gasteiger partial charge in [0.05, 0.1) is 21.8 Å². The molecular weight excluding hydrogens is 300 g/mol. The van der Waals surface area contributed by atoms with E-state index in [9.17, 15) is 4.39 Å². The molecule has 1 aromatic rings. The average molecular weight is 318 g/mol. The van der Waals surface area contributed by atoms with Crippen molar-refractivity contribution in [2.75, 3.05) is 11.9 Å². The summed E-state index contributed by atoms with van der Waals surface area (Å²) in [6, 6.07) is 2.90. The van der Waals surface area contributed by atoms with Gasteiger partial charge in [-0.3, -0.25) is 0 Å². The molecule has 2 atom stereocenters. The van der Waals surface area contributed by atoms with Crippen molar-refractivity contribution in [1.29, 1.82) is 0 Å². The number of ether oxygens (including phenoxy) is 1. The Morgan fingerprint density at radius 1 is 1.35 bits per heavy atom. The molecule has 0 radical (unpaired) electrons. The summed E-state index contributed by atoms with van der Waals surface area (Å²) in [4.78, 5) is 0. The van der Waals surface area contributed by atoms with Gasteiger partial charge in [0.1, 0.15) is 5.82 Å². The molecule has 0 amide bonds. The van der Waals surface area contributed by atoms with Crippen LogP contribution in [0.3, 0.4) is 0 Å². The van der Waals surface area contributed by atoms with Crippen LogP contribution >= 0.6 is 23.2 Å². The summed E-state index contributed by atoms with van der Waals surface area (Å²) in [5, 5.41) is 4.09. The standard InChI is InChI=1S/C15H18Cl2FNO/c1-2-20-13-8-12(15(13)4-3-5-15)19-14-10(16)6-9(18)7-11(14)17/h6-7,12-13,19H,2-5,8H2,1H3. The molecule has 0 aromatic heterocycles.